The molecule has 5 nitrogen and oxygen atoms in total. The van der Waals surface area contributed by atoms with Gasteiger partial charge in [-0.05, 0) is 31.8 Å². The summed E-state index contributed by atoms with van der Waals surface area (Å²) in [5, 5.41) is 26.6. The van der Waals surface area contributed by atoms with Gasteiger partial charge in [-0.3, -0.25) is 4.99 Å². The lowest BCUT2D eigenvalue weighted by molar-refractivity contribution is -0.129. The molecule has 0 aromatic carbocycles. The number of hydrogen-bond donors (Lipinski definition) is 3. The van der Waals surface area contributed by atoms with Crippen molar-refractivity contribution in [2.45, 2.75) is 25.7 Å². The third kappa shape index (κ3) is 4.66. The van der Waals surface area contributed by atoms with E-state index in [-0.39, 0.29) is 24.8 Å². The van der Waals surface area contributed by atoms with Gasteiger partial charge in [0.25, 0.3) is 0 Å². The van der Waals surface area contributed by atoms with Gasteiger partial charge in [0.05, 0.1) is 0 Å². The van der Waals surface area contributed by atoms with Crippen LogP contribution in [-0.2, 0) is 4.79 Å². The third-order valence-electron chi connectivity index (χ3n) is 2.90. The lowest BCUT2D eigenvalue weighted by Gasteiger charge is -2.13. The molecular formula is C12H19NO4. The molecule has 1 aliphatic rings. The van der Waals surface area contributed by atoms with Crippen molar-refractivity contribution >= 4 is 11.7 Å². The van der Waals surface area contributed by atoms with Gasteiger partial charge in [0.1, 0.15) is 5.71 Å². The molecule has 0 atom stereocenters. The number of aliphatic carboxylic acids is 1. The van der Waals surface area contributed by atoms with E-state index >= 15 is 0 Å². The Bertz CT molecular complexity index is 318. The fraction of sp³-hybridized carbons (Fsp3) is 0.667. The maximum absolute atomic E-state index is 10.7. The molecule has 0 saturated carbocycles. The van der Waals surface area contributed by atoms with Crippen molar-refractivity contribution in [3.05, 3.63) is 11.6 Å². The highest BCUT2D eigenvalue weighted by Gasteiger charge is 2.13. The predicted octanol–water partition coefficient (Wildman–Crippen LogP) is 0.613. The number of rotatable bonds is 7. The van der Waals surface area contributed by atoms with Crippen molar-refractivity contribution in [3.63, 3.8) is 0 Å². The van der Waals surface area contributed by atoms with Crippen LogP contribution in [-0.4, -0.2) is 46.8 Å². The summed E-state index contributed by atoms with van der Waals surface area (Å²) in [6.45, 7) is 0.533. The summed E-state index contributed by atoms with van der Waals surface area (Å²) in [6.07, 6.45) is 4.86. The largest absolute Gasteiger partial charge is 0.477 e. The van der Waals surface area contributed by atoms with Crippen LogP contribution in [0.3, 0.4) is 0 Å². The first-order valence-electron chi connectivity index (χ1n) is 5.86. The second kappa shape index (κ2) is 7.19. The van der Waals surface area contributed by atoms with Crippen LogP contribution in [0.1, 0.15) is 25.7 Å². The monoisotopic (exact) mass is 241 g/mol. The Morgan fingerprint density at radius 3 is 2.71 bits per heavy atom. The minimum absolute atomic E-state index is 0.00260. The summed E-state index contributed by atoms with van der Waals surface area (Å²) in [5.41, 5.74) is 1.22. The number of nitrogens with zero attached hydrogens (tertiary/aromatic N) is 1. The van der Waals surface area contributed by atoms with Crippen LogP contribution in [0.15, 0.2) is 16.6 Å². The molecule has 0 aromatic heterocycles. The quantitative estimate of drug-likeness (QED) is 0.609. The SMILES string of the molecule is O=C(O)C1=NCCC(CCCC(CO)CO)=C1. The molecule has 17 heavy (non-hydrogen) atoms. The fourth-order valence-electron chi connectivity index (χ4n) is 1.82. The minimum atomic E-state index is -0.981. The summed E-state index contributed by atoms with van der Waals surface area (Å²) in [5.74, 6) is -1.04. The molecule has 0 aromatic rings. The number of aliphatic imine (C=N–C) groups is 1. The van der Waals surface area contributed by atoms with Gasteiger partial charge in [-0.15, -0.1) is 0 Å². The molecule has 3 N–H and O–H groups in total. The Hall–Kier alpha value is -1.20. The maximum Gasteiger partial charge on any atom is 0.354 e. The molecule has 0 amide bonds. The molecule has 0 aliphatic carbocycles. The van der Waals surface area contributed by atoms with Crippen molar-refractivity contribution in [3.8, 4) is 0 Å². The van der Waals surface area contributed by atoms with Crippen LogP contribution < -0.4 is 0 Å². The van der Waals surface area contributed by atoms with E-state index in [1.807, 2.05) is 0 Å². The van der Waals surface area contributed by atoms with Crippen molar-refractivity contribution in [1.29, 1.82) is 0 Å². The molecule has 1 aliphatic heterocycles. The van der Waals surface area contributed by atoms with Gasteiger partial charge in [-0.2, -0.15) is 0 Å². The van der Waals surface area contributed by atoms with Crippen LogP contribution >= 0.6 is 0 Å². The highest BCUT2D eigenvalue weighted by Crippen LogP contribution is 2.17. The molecule has 0 unspecified atom stereocenters. The lowest BCUT2D eigenvalue weighted by Crippen LogP contribution is -2.15. The zero-order valence-corrected chi connectivity index (χ0v) is 9.80. The average molecular weight is 241 g/mol. The number of hydrogen-bond acceptors (Lipinski definition) is 4. The molecule has 1 heterocycles. The second-order valence-electron chi connectivity index (χ2n) is 4.25. The zero-order chi connectivity index (χ0) is 12.7. The highest BCUT2D eigenvalue weighted by molar-refractivity contribution is 6.40. The van der Waals surface area contributed by atoms with Crippen LogP contribution in [0.2, 0.25) is 0 Å². The Morgan fingerprint density at radius 2 is 2.12 bits per heavy atom. The second-order valence-corrected chi connectivity index (χ2v) is 4.25. The van der Waals surface area contributed by atoms with Gasteiger partial charge in [-0.1, -0.05) is 5.57 Å². The Labute approximate surface area is 100 Å². The Morgan fingerprint density at radius 1 is 1.41 bits per heavy atom. The van der Waals surface area contributed by atoms with E-state index < -0.39 is 5.97 Å². The summed E-state index contributed by atoms with van der Waals surface area (Å²) in [6, 6.07) is 0. The number of carboxylic acids is 1. The van der Waals surface area contributed by atoms with Gasteiger partial charge in [0.2, 0.25) is 0 Å². The smallest absolute Gasteiger partial charge is 0.354 e. The van der Waals surface area contributed by atoms with Gasteiger partial charge >= 0.3 is 5.97 Å². The van der Waals surface area contributed by atoms with Crippen LogP contribution in [0.5, 0.6) is 0 Å². The molecule has 0 spiro atoms. The first-order chi connectivity index (χ1) is 8.17. The first-order valence-corrected chi connectivity index (χ1v) is 5.86. The molecule has 96 valence electrons. The van der Waals surface area contributed by atoms with Gasteiger partial charge in [-0.25, -0.2) is 4.79 Å². The topological polar surface area (TPSA) is 90.1 Å². The molecule has 0 fully saturated rings. The van der Waals surface area contributed by atoms with E-state index in [1.165, 1.54) is 0 Å². The molecule has 0 bridgehead atoms. The highest BCUT2D eigenvalue weighted by atomic mass is 16.4. The van der Waals surface area contributed by atoms with Crippen molar-refractivity contribution in [2.24, 2.45) is 10.9 Å². The average Bonchev–Trinajstić information content (AvgIpc) is 2.35. The third-order valence-corrected chi connectivity index (χ3v) is 2.90. The van der Waals surface area contributed by atoms with Crippen LogP contribution in [0, 0.1) is 5.92 Å². The van der Waals surface area contributed by atoms with E-state index in [2.05, 4.69) is 4.99 Å². The lowest BCUT2D eigenvalue weighted by atomic mass is 9.97. The van der Waals surface area contributed by atoms with Crippen LogP contribution in [0.25, 0.3) is 0 Å². The van der Waals surface area contributed by atoms with Crippen molar-refractivity contribution < 1.29 is 20.1 Å². The first kappa shape index (κ1) is 13.9. The predicted molar refractivity (Wildman–Crippen MR) is 64.2 cm³/mol. The minimum Gasteiger partial charge on any atom is -0.477 e. The Balaban J connectivity index is 2.37. The maximum atomic E-state index is 10.7. The van der Waals surface area contributed by atoms with E-state index in [9.17, 15) is 4.79 Å². The number of aliphatic hydroxyl groups is 2. The molecule has 1 rings (SSSR count). The molecule has 5 heteroatoms. The number of carboxylic acid groups (broad SMARTS) is 1. The fourth-order valence-corrected chi connectivity index (χ4v) is 1.82. The van der Waals surface area contributed by atoms with E-state index in [0.717, 1.165) is 31.3 Å². The summed E-state index contributed by atoms with van der Waals surface area (Å²) >= 11 is 0. The summed E-state index contributed by atoms with van der Waals surface area (Å²) < 4.78 is 0. The van der Waals surface area contributed by atoms with Gasteiger partial charge < -0.3 is 15.3 Å². The molecule has 0 radical (unpaired) electrons. The van der Waals surface area contributed by atoms with Crippen LogP contribution in [0.4, 0.5) is 0 Å². The van der Waals surface area contributed by atoms with E-state index in [0.29, 0.717) is 6.54 Å². The summed E-state index contributed by atoms with van der Waals surface area (Å²) in [4.78, 5) is 14.6. The number of carbonyl (C=O) groups is 1. The number of dihydropyridines is 1. The standard InChI is InChI=1S/C12H19NO4/c14-7-10(8-15)3-1-2-9-4-5-13-11(6-9)12(16)17/h6,10,14-15H,1-5,7-8H2,(H,16,17). The Kier molecular flexibility index (Phi) is 5.86. The van der Waals surface area contributed by atoms with Gasteiger partial charge in [0, 0.05) is 25.7 Å². The normalized spacial score (nSPS) is 15.7. The summed E-state index contributed by atoms with van der Waals surface area (Å²) in [7, 11) is 0. The van der Waals surface area contributed by atoms with Crippen molar-refractivity contribution in [2.75, 3.05) is 19.8 Å². The van der Waals surface area contributed by atoms with E-state index in [1.54, 1.807) is 6.08 Å². The van der Waals surface area contributed by atoms with Gasteiger partial charge in [0.15, 0.2) is 0 Å². The molecular weight excluding hydrogens is 222 g/mol. The van der Waals surface area contributed by atoms with Crippen molar-refractivity contribution in [1.82, 2.24) is 0 Å². The number of aliphatic hydroxyl groups excluding tert-OH is 2. The van der Waals surface area contributed by atoms with E-state index in [4.69, 9.17) is 15.3 Å². The molecule has 0 saturated heterocycles. The zero-order valence-electron chi connectivity index (χ0n) is 9.80.